The maximum absolute atomic E-state index is 5.06. The van der Waals surface area contributed by atoms with Gasteiger partial charge in [0.05, 0.1) is 11.6 Å². The fourth-order valence-corrected chi connectivity index (χ4v) is 1.78. The zero-order valence-electron chi connectivity index (χ0n) is 9.08. The van der Waals surface area contributed by atoms with Gasteiger partial charge in [0.1, 0.15) is 0 Å². The lowest BCUT2D eigenvalue weighted by Gasteiger charge is -2.13. The van der Waals surface area contributed by atoms with Gasteiger partial charge in [0, 0.05) is 12.2 Å². The van der Waals surface area contributed by atoms with E-state index in [0.717, 1.165) is 16.6 Å². The van der Waals surface area contributed by atoms with Crippen LogP contribution in [-0.2, 0) is 0 Å². The van der Waals surface area contributed by atoms with Crippen molar-refractivity contribution in [2.75, 3.05) is 13.7 Å². The maximum Gasteiger partial charge on any atom is 0.227 e. The standard InChI is InChI=1S/C10H15BrN2O.ClH/c1-4-12-7(2)8-5-9(11)10(14-3)13-6-8;/h5-7,12H,4H2,1-3H3;1H/t7-;/m1./s1. The van der Waals surface area contributed by atoms with Gasteiger partial charge in [0.2, 0.25) is 5.88 Å². The van der Waals surface area contributed by atoms with E-state index >= 15 is 0 Å². The topological polar surface area (TPSA) is 34.2 Å². The molecule has 1 aromatic heterocycles. The molecule has 0 unspecified atom stereocenters. The van der Waals surface area contributed by atoms with Crippen molar-refractivity contribution in [3.05, 3.63) is 22.3 Å². The van der Waals surface area contributed by atoms with Crippen LogP contribution in [0.5, 0.6) is 5.88 Å². The summed E-state index contributed by atoms with van der Waals surface area (Å²) in [6.07, 6.45) is 1.83. The van der Waals surface area contributed by atoms with Crippen molar-refractivity contribution in [2.45, 2.75) is 19.9 Å². The molecule has 15 heavy (non-hydrogen) atoms. The molecule has 1 aromatic rings. The summed E-state index contributed by atoms with van der Waals surface area (Å²) in [5.41, 5.74) is 1.15. The largest absolute Gasteiger partial charge is 0.480 e. The SMILES string of the molecule is CCN[C@H](C)c1cnc(OC)c(Br)c1.Cl. The summed E-state index contributed by atoms with van der Waals surface area (Å²) >= 11 is 3.41. The molecule has 0 saturated heterocycles. The molecule has 1 rings (SSSR count). The zero-order valence-corrected chi connectivity index (χ0v) is 11.5. The van der Waals surface area contributed by atoms with E-state index in [2.05, 4.69) is 40.1 Å². The molecule has 3 nitrogen and oxygen atoms in total. The summed E-state index contributed by atoms with van der Waals surface area (Å²) in [6.45, 7) is 5.15. The lowest BCUT2D eigenvalue weighted by molar-refractivity contribution is 0.394. The van der Waals surface area contributed by atoms with Gasteiger partial charge in [0.25, 0.3) is 0 Å². The smallest absolute Gasteiger partial charge is 0.227 e. The minimum Gasteiger partial charge on any atom is -0.480 e. The lowest BCUT2D eigenvalue weighted by Crippen LogP contribution is -2.17. The van der Waals surface area contributed by atoms with Crippen molar-refractivity contribution in [2.24, 2.45) is 0 Å². The van der Waals surface area contributed by atoms with Gasteiger partial charge in [0.15, 0.2) is 0 Å². The lowest BCUT2D eigenvalue weighted by atomic mass is 10.1. The number of aromatic nitrogens is 1. The molecular formula is C10H16BrClN2O. The van der Waals surface area contributed by atoms with Crippen LogP contribution in [0.3, 0.4) is 0 Å². The fraction of sp³-hybridized carbons (Fsp3) is 0.500. The first-order valence-corrected chi connectivity index (χ1v) is 5.41. The van der Waals surface area contributed by atoms with Gasteiger partial charge in [-0.1, -0.05) is 6.92 Å². The molecule has 0 spiro atoms. The van der Waals surface area contributed by atoms with Gasteiger partial charge in [-0.15, -0.1) is 12.4 Å². The van der Waals surface area contributed by atoms with Crippen LogP contribution in [0.2, 0.25) is 0 Å². The molecule has 1 heterocycles. The number of hydrogen-bond acceptors (Lipinski definition) is 3. The van der Waals surface area contributed by atoms with E-state index in [1.54, 1.807) is 7.11 Å². The van der Waals surface area contributed by atoms with E-state index in [0.29, 0.717) is 11.9 Å². The number of hydrogen-bond donors (Lipinski definition) is 1. The Morgan fingerprint density at radius 1 is 1.60 bits per heavy atom. The Kier molecular flexibility index (Phi) is 6.89. The predicted molar refractivity (Wildman–Crippen MR) is 67.8 cm³/mol. The van der Waals surface area contributed by atoms with Crippen LogP contribution < -0.4 is 10.1 Å². The van der Waals surface area contributed by atoms with E-state index < -0.39 is 0 Å². The van der Waals surface area contributed by atoms with E-state index in [1.165, 1.54) is 0 Å². The molecule has 0 fully saturated rings. The molecule has 86 valence electrons. The zero-order chi connectivity index (χ0) is 10.6. The molecule has 0 saturated carbocycles. The van der Waals surface area contributed by atoms with Crippen molar-refractivity contribution in [1.82, 2.24) is 10.3 Å². The van der Waals surface area contributed by atoms with Gasteiger partial charge in [-0.25, -0.2) is 4.98 Å². The molecule has 0 bridgehead atoms. The average molecular weight is 296 g/mol. The number of pyridine rings is 1. The average Bonchev–Trinajstić information content (AvgIpc) is 2.18. The van der Waals surface area contributed by atoms with E-state index in [1.807, 2.05) is 12.3 Å². The first kappa shape index (κ1) is 14.7. The minimum absolute atomic E-state index is 0. The molecular weight excluding hydrogens is 279 g/mol. The van der Waals surface area contributed by atoms with E-state index in [-0.39, 0.29) is 12.4 Å². The summed E-state index contributed by atoms with van der Waals surface area (Å²) in [5.74, 6) is 0.623. The first-order chi connectivity index (χ1) is 6.69. The van der Waals surface area contributed by atoms with Crippen molar-refractivity contribution < 1.29 is 4.74 Å². The van der Waals surface area contributed by atoms with Crippen LogP contribution in [0.4, 0.5) is 0 Å². The normalized spacial score (nSPS) is 11.7. The number of ether oxygens (including phenoxy) is 1. The predicted octanol–water partition coefficient (Wildman–Crippen LogP) is 2.95. The molecule has 0 radical (unpaired) electrons. The van der Waals surface area contributed by atoms with Crippen LogP contribution in [0, 0.1) is 0 Å². The molecule has 0 aliphatic carbocycles. The molecule has 0 aromatic carbocycles. The number of nitrogens with one attached hydrogen (secondary N) is 1. The highest BCUT2D eigenvalue weighted by atomic mass is 79.9. The molecule has 0 amide bonds. The fourth-order valence-electron chi connectivity index (χ4n) is 1.25. The number of rotatable bonds is 4. The highest BCUT2D eigenvalue weighted by Crippen LogP contribution is 2.25. The summed E-state index contributed by atoms with van der Waals surface area (Å²) < 4.78 is 5.95. The summed E-state index contributed by atoms with van der Waals surface area (Å²) in [7, 11) is 1.61. The van der Waals surface area contributed by atoms with Gasteiger partial charge >= 0.3 is 0 Å². The maximum atomic E-state index is 5.06. The summed E-state index contributed by atoms with van der Waals surface area (Å²) in [4.78, 5) is 4.19. The Morgan fingerprint density at radius 3 is 2.73 bits per heavy atom. The molecule has 5 heteroatoms. The van der Waals surface area contributed by atoms with E-state index in [4.69, 9.17) is 4.74 Å². The summed E-state index contributed by atoms with van der Waals surface area (Å²) in [5, 5.41) is 3.32. The highest BCUT2D eigenvalue weighted by molar-refractivity contribution is 9.10. The van der Waals surface area contributed by atoms with Gasteiger partial charge in [-0.3, -0.25) is 0 Å². The monoisotopic (exact) mass is 294 g/mol. The highest BCUT2D eigenvalue weighted by Gasteiger charge is 2.07. The van der Waals surface area contributed by atoms with Crippen molar-refractivity contribution in [3.8, 4) is 5.88 Å². The Labute approximate surface area is 105 Å². The van der Waals surface area contributed by atoms with Gasteiger partial charge in [-0.2, -0.15) is 0 Å². The van der Waals surface area contributed by atoms with Crippen molar-refractivity contribution in [3.63, 3.8) is 0 Å². The quantitative estimate of drug-likeness (QED) is 0.927. The Bertz CT molecular complexity index is 309. The van der Waals surface area contributed by atoms with Crippen LogP contribution in [0.25, 0.3) is 0 Å². The second-order valence-corrected chi connectivity index (χ2v) is 3.89. The molecule has 1 atom stereocenters. The van der Waals surface area contributed by atoms with Gasteiger partial charge in [-0.05, 0) is 41.0 Å². The van der Waals surface area contributed by atoms with Crippen LogP contribution in [0.1, 0.15) is 25.5 Å². The Balaban J connectivity index is 0.00000196. The third-order valence-electron chi connectivity index (χ3n) is 2.03. The Hall–Kier alpha value is -0.320. The number of nitrogens with zero attached hydrogens (tertiary/aromatic N) is 1. The third-order valence-corrected chi connectivity index (χ3v) is 2.60. The second-order valence-electron chi connectivity index (χ2n) is 3.04. The number of halogens is 2. The minimum atomic E-state index is 0. The molecule has 0 aliphatic rings. The second kappa shape index (κ2) is 7.04. The Morgan fingerprint density at radius 2 is 2.27 bits per heavy atom. The van der Waals surface area contributed by atoms with Crippen molar-refractivity contribution in [1.29, 1.82) is 0 Å². The van der Waals surface area contributed by atoms with Crippen molar-refractivity contribution >= 4 is 28.3 Å². The van der Waals surface area contributed by atoms with Crippen LogP contribution in [-0.4, -0.2) is 18.6 Å². The van der Waals surface area contributed by atoms with Crippen LogP contribution in [0.15, 0.2) is 16.7 Å². The van der Waals surface area contributed by atoms with E-state index in [9.17, 15) is 0 Å². The van der Waals surface area contributed by atoms with Gasteiger partial charge < -0.3 is 10.1 Å². The third kappa shape index (κ3) is 3.97. The first-order valence-electron chi connectivity index (χ1n) is 4.61. The molecule has 0 aliphatic heterocycles. The number of methoxy groups -OCH3 is 1. The van der Waals surface area contributed by atoms with Crippen LogP contribution >= 0.6 is 28.3 Å². The summed E-state index contributed by atoms with van der Waals surface area (Å²) in [6, 6.07) is 2.34. The molecule has 1 N–H and O–H groups in total.